The van der Waals surface area contributed by atoms with Gasteiger partial charge in [0.25, 0.3) is 0 Å². The first-order valence-electron chi connectivity index (χ1n) is 8.18. The number of amides is 1. The molecule has 1 aromatic carbocycles. The first kappa shape index (κ1) is 18.5. The van der Waals surface area contributed by atoms with Crippen molar-refractivity contribution in [2.24, 2.45) is 0 Å². The zero-order valence-corrected chi connectivity index (χ0v) is 15.7. The molecule has 0 spiro atoms. The van der Waals surface area contributed by atoms with Gasteiger partial charge in [0.15, 0.2) is 11.2 Å². The largest absolute Gasteiger partial charge is 0.454 e. The Balaban J connectivity index is 1.56. The quantitative estimate of drug-likeness (QED) is 0.557. The molecule has 2 aromatic rings. The van der Waals surface area contributed by atoms with Gasteiger partial charge < -0.3 is 4.74 Å². The van der Waals surface area contributed by atoms with Crippen LogP contribution in [-0.4, -0.2) is 35.3 Å². The Hall–Kier alpha value is -2.25. The van der Waals surface area contributed by atoms with Gasteiger partial charge in [0.1, 0.15) is 0 Å². The molecule has 1 atom stereocenters. The molecule has 6 nitrogen and oxygen atoms in total. The van der Waals surface area contributed by atoms with E-state index in [4.69, 9.17) is 16.3 Å². The third-order valence-electron chi connectivity index (χ3n) is 3.98. The number of esters is 1. The summed E-state index contributed by atoms with van der Waals surface area (Å²) in [6.07, 6.45) is 0.403. The maximum Gasteiger partial charge on any atom is 0.312 e. The lowest BCUT2D eigenvalue weighted by Crippen LogP contribution is -2.25. The monoisotopic (exact) mass is 392 g/mol. The van der Waals surface area contributed by atoms with Crippen molar-refractivity contribution in [1.82, 2.24) is 4.98 Å². The molecule has 1 fully saturated rings. The van der Waals surface area contributed by atoms with Crippen LogP contribution >= 0.6 is 22.9 Å². The number of Topliss-reactive ketones (excluding diaryl/α,β-unsaturated/α-hetero) is 1. The second kappa shape index (κ2) is 7.97. The van der Waals surface area contributed by atoms with Crippen molar-refractivity contribution in [1.29, 1.82) is 0 Å². The van der Waals surface area contributed by atoms with E-state index in [-0.39, 0.29) is 18.1 Å². The fourth-order valence-electron chi connectivity index (χ4n) is 2.64. The van der Waals surface area contributed by atoms with Crippen LogP contribution in [0.3, 0.4) is 0 Å². The SMILES string of the molecule is CC(OC(=O)Cc1csc(N2CCCC2=O)n1)C(=O)c1ccc(Cl)cc1. The van der Waals surface area contributed by atoms with E-state index in [0.717, 1.165) is 6.42 Å². The van der Waals surface area contributed by atoms with Gasteiger partial charge in [-0.15, -0.1) is 11.3 Å². The summed E-state index contributed by atoms with van der Waals surface area (Å²) < 4.78 is 5.22. The summed E-state index contributed by atoms with van der Waals surface area (Å²) in [5.41, 5.74) is 0.957. The number of hydrogen-bond donors (Lipinski definition) is 0. The molecule has 3 rings (SSSR count). The average molecular weight is 393 g/mol. The van der Waals surface area contributed by atoms with Gasteiger partial charge in [0.05, 0.1) is 12.1 Å². The van der Waals surface area contributed by atoms with Crippen LogP contribution in [0.5, 0.6) is 0 Å². The molecular formula is C18H17ClN2O4S. The number of thiazole rings is 1. The van der Waals surface area contributed by atoms with Crippen molar-refractivity contribution in [2.45, 2.75) is 32.3 Å². The third kappa shape index (κ3) is 4.28. The zero-order chi connectivity index (χ0) is 18.7. The molecule has 2 heterocycles. The van der Waals surface area contributed by atoms with Crippen LogP contribution in [0.25, 0.3) is 0 Å². The van der Waals surface area contributed by atoms with E-state index in [1.165, 1.54) is 18.3 Å². The van der Waals surface area contributed by atoms with Crippen molar-refractivity contribution < 1.29 is 19.1 Å². The van der Waals surface area contributed by atoms with Crippen molar-refractivity contribution in [3.05, 3.63) is 45.9 Å². The van der Waals surface area contributed by atoms with Gasteiger partial charge in [-0.1, -0.05) is 11.6 Å². The molecule has 1 aromatic heterocycles. The molecule has 1 unspecified atom stereocenters. The van der Waals surface area contributed by atoms with Crippen LogP contribution < -0.4 is 4.90 Å². The number of halogens is 1. The van der Waals surface area contributed by atoms with Crippen LogP contribution in [0.15, 0.2) is 29.6 Å². The maximum absolute atomic E-state index is 12.3. The van der Waals surface area contributed by atoms with Gasteiger partial charge >= 0.3 is 5.97 Å². The molecule has 1 amide bonds. The van der Waals surface area contributed by atoms with Crippen molar-refractivity contribution in [3.63, 3.8) is 0 Å². The summed E-state index contributed by atoms with van der Waals surface area (Å²) in [5.74, 6) is -0.781. The summed E-state index contributed by atoms with van der Waals surface area (Å²) in [6.45, 7) is 2.19. The first-order valence-corrected chi connectivity index (χ1v) is 9.44. The van der Waals surface area contributed by atoms with E-state index in [1.807, 2.05) is 0 Å². The molecular weight excluding hydrogens is 376 g/mol. The van der Waals surface area contributed by atoms with Gasteiger partial charge in [-0.3, -0.25) is 19.3 Å². The van der Waals surface area contributed by atoms with Crippen molar-refractivity contribution in [2.75, 3.05) is 11.4 Å². The summed E-state index contributed by atoms with van der Waals surface area (Å²) in [4.78, 5) is 42.1. The molecule has 1 aliphatic rings. The minimum Gasteiger partial charge on any atom is -0.454 e. The fourth-order valence-corrected chi connectivity index (χ4v) is 3.63. The second-order valence-electron chi connectivity index (χ2n) is 5.95. The minimum atomic E-state index is -0.901. The van der Waals surface area contributed by atoms with Crippen LogP contribution in [0, 0.1) is 0 Å². The molecule has 0 N–H and O–H groups in total. The smallest absolute Gasteiger partial charge is 0.312 e. The number of aromatic nitrogens is 1. The van der Waals surface area contributed by atoms with E-state index < -0.39 is 12.1 Å². The van der Waals surface area contributed by atoms with E-state index >= 15 is 0 Å². The number of hydrogen-bond acceptors (Lipinski definition) is 6. The molecule has 26 heavy (non-hydrogen) atoms. The highest BCUT2D eigenvalue weighted by Crippen LogP contribution is 2.25. The number of carbonyl (C=O) groups is 3. The standard InChI is InChI=1S/C18H17ClN2O4S/c1-11(17(24)12-4-6-13(19)7-5-12)25-16(23)9-14-10-26-18(20-14)21-8-2-3-15(21)22/h4-7,10-11H,2-3,8-9H2,1H3. The highest BCUT2D eigenvalue weighted by atomic mass is 35.5. The van der Waals surface area contributed by atoms with E-state index in [9.17, 15) is 14.4 Å². The number of ketones is 1. The van der Waals surface area contributed by atoms with Gasteiger partial charge in [0, 0.05) is 28.9 Å². The number of nitrogens with zero attached hydrogens (tertiary/aromatic N) is 2. The summed E-state index contributed by atoms with van der Waals surface area (Å²) in [7, 11) is 0. The van der Waals surface area contributed by atoms with Gasteiger partial charge in [0.2, 0.25) is 11.7 Å². The highest BCUT2D eigenvalue weighted by Gasteiger charge is 2.25. The zero-order valence-electron chi connectivity index (χ0n) is 14.1. The first-order chi connectivity index (χ1) is 12.4. The van der Waals surface area contributed by atoms with Gasteiger partial charge in [-0.2, -0.15) is 0 Å². The average Bonchev–Trinajstić information content (AvgIpc) is 3.23. The Kier molecular flexibility index (Phi) is 5.68. The lowest BCUT2D eigenvalue weighted by molar-refractivity contribution is -0.145. The highest BCUT2D eigenvalue weighted by molar-refractivity contribution is 7.14. The van der Waals surface area contributed by atoms with Crippen molar-refractivity contribution >= 4 is 45.7 Å². The van der Waals surface area contributed by atoms with Crippen LogP contribution in [0.1, 0.15) is 35.8 Å². The topological polar surface area (TPSA) is 76.6 Å². The fraction of sp³-hybridized carbons (Fsp3) is 0.333. The van der Waals surface area contributed by atoms with E-state index in [0.29, 0.717) is 34.4 Å². The van der Waals surface area contributed by atoms with Crippen LogP contribution in [0.2, 0.25) is 5.02 Å². The third-order valence-corrected chi connectivity index (χ3v) is 5.14. The Morgan fingerprint density at radius 1 is 1.35 bits per heavy atom. The molecule has 8 heteroatoms. The van der Waals surface area contributed by atoms with Crippen molar-refractivity contribution in [3.8, 4) is 0 Å². The lowest BCUT2D eigenvalue weighted by atomic mass is 10.1. The summed E-state index contributed by atoms with van der Waals surface area (Å²) in [5, 5.41) is 2.86. The predicted molar refractivity (Wildman–Crippen MR) is 98.7 cm³/mol. The second-order valence-corrected chi connectivity index (χ2v) is 7.22. The maximum atomic E-state index is 12.3. The summed E-state index contributed by atoms with van der Waals surface area (Å²) >= 11 is 7.12. The van der Waals surface area contributed by atoms with Gasteiger partial charge in [-0.25, -0.2) is 4.98 Å². The molecule has 136 valence electrons. The Morgan fingerprint density at radius 2 is 2.08 bits per heavy atom. The molecule has 0 radical (unpaired) electrons. The van der Waals surface area contributed by atoms with Gasteiger partial charge in [-0.05, 0) is 37.6 Å². The Labute approximate surface area is 159 Å². The van der Waals surface area contributed by atoms with Crippen LogP contribution in [-0.2, 0) is 20.7 Å². The number of anilines is 1. The molecule has 0 aliphatic carbocycles. The lowest BCUT2D eigenvalue weighted by Gasteiger charge is -2.12. The minimum absolute atomic E-state index is 0.0449. The van der Waals surface area contributed by atoms with E-state index in [2.05, 4.69) is 4.98 Å². The molecule has 0 saturated carbocycles. The van der Waals surface area contributed by atoms with E-state index in [1.54, 1.807) is 34.5 Å². The molecule has 1 saturated heterocycles. The number of carbonyl (C=O) groups excluding carboxylic acids is 3. The molecule has 1 aliphatic heterocycles. The normalized spacial score (nSPS) is 15.2. The van der Waals surface area contributed by atoms with Crippen LogP contribution in [0.4, 0.5) is 5.13 Å². The Morgan fingerprint density at radius 3 is 2.73 bits per heavy atom. The Bertz CT molecular complexity index is 834. The number of benzene rings is 1. The summed E-state index contributed by atoms with van der Waals surface area (Å²) in [6, 6.07) is 6.41. The number of rotatable bonds is 6. The molecule has 0 bridgehead atoms. The number of ether oxygens (including phenoxy) is 1. The predicted octanol–water partition coefficient (Wildman–Crippen LogP) is 3.28.